The Morgan fingerprint density at radius 1 is 1.42 bits per heavy atom. The van der Waals surface area contributed by atoms with Gasteiger partial charge in [0.15, 0.2) is 0 Å². The van der Waals surface area contributed by atoms with Crippen LogP contribution in [0.5, 0.6) is 0 Å². The van der Waals surface area contributed by atoms with Gasteiger partial charge in [0.1, 0.15) is 11.2 Å². The molecule has 3 fully saturated rings. The maximum Gasteiger partial charge on any atom is 0.221 e. The molecule has 0 saturated heterocycles. The van der Waals surface area contributed by atoms with Crippen LogP contribution in [0.15, 0.2) is 24.8 Å². The number of aromatic amines is 1. The van der Waals surface area contributed by atoms with E-state index in [0.29, 0.717) is 0 Å². The molecule has 3 aromatic heterocycles. The third-order valence-corrected chi connectivity index (χ3v) is 5.47. The van der Waals surface area contributed by atoms with Gasteiger partial charge in [0, 0.05) is 30.0 Å². The van der Waals surface area contributed by atoms with Gasteiger partial charge < -0.3 is 14.9 Å². The van der Waals surface area contributed by atoms with Crippen molar-refractivity contribution in [2.45, 2.75) is 43.2 Å². The van der Waals surface area contributed by atoms with Crippen molar-refractivity contribution in [3.63, 3.8) is 0 Å². The zero-order chi connectivity index (χ0) is 16.4. The number of H-pyrrole nitrogens is 1. The summed E-state index contributed by atoms with van der Waals surface area (Å²) in [7, 11) is 0. The molecule has 7 nitrogen and oxygen atoms in total. The maximum absolute atomic E-state index is 11.9. The molecule has 1 amide bonds. The number of carbonyl (C=O) groups excluding carboxylic acids is 1. The Kier molecular flexibility index (Phi) is 2.46. The first kappa shape index (κ1) is 13.5. The molecule has 24 heavy (non-hydrogen) atoms. The van der Waals surface area contributed by atoms with E-state index in [1.807, 2.05) is 24.7 Å². The highest BCUT2D eigenvalue weighted by Gasteiger charge is 2.69. The Labute approximate surface area is 137 Å². The summed E-state index contributed by atoms with van der Waals surface area (Å²) in [6, 6.07) is 4.05. The van der Waals surface area contributed by atoms with Crippen molar-refractivity contribution in [2.24, 2.45) is 0 Å². The SMILES string of the molecule is N#CCCC(=O)NC12CC(n3cnc4cnc5[nH]ccc5c43)(C1)C2. The summed E-state index contributed by atoms with van der Waals surface area (Å²) in [6.45, 7) is 0. The number of amides is 1. The van der Waals surface area contributed by atoms with Crippen molar-refractivity contribution in [3.05, 3.63) is 24.8 Å². The minimum Gasteiger partial charge on any atom is -0.350 e. The first-order valence-corrected chi connectivity index (χ1v) is 8.12. The summed E-state index contributed by atoms with van der Waals surface area (Å²) < 4.78 is 2.27. The molecular weight excluding hydrogens is 304 g/mol. The lowest BCUT2D eigenvalue weighted by Crippen LogP contribution is -2.78. The van der Waals surface area contributed by atoms with Gasteiger partial charge in [-0.15, -0.1) is 0 Å². The van der Waals surface area contributed by atoms with Gasteiger partial charge in [-0.1, -0.05) is 0 Å². The van der Waals surface area contributed by atoms with E-state index in [-0.39, 0.29) is 29.8 Å². The van der Waals surface area contributed by atoms with E-state index in [2.05, 4.69) is 24.8 Å². The highest BCUT2D eigenvalue weighted by molar-refractivity contribution is 6.01. The van der Waals surface area contributed by atoms with Gasteiger partial charge in [-0.05, 0) is 25.3 Å². The average molecular weight is 320 g/mol. The lowest BCUT2D eigenvalue weighted by Gasteiger charge is -2.70. The topological polar surface area (TPSA) is 99.4 Å². The number of hydrogen-bond acceptors (Lipinski definition) is 4. The predicted octanol–water partition coefficient (Wildman–Crippen LogP) is 1.96. The molecular formula is C17H16N6O. The highest BCUT2D eigenvalue weighted by atomic mass is 16.1. The van der Waals surface area contributed by atoms with E-state index >= 15 is 0 Å². The van der Waals surface area contributed by atoms with E-state index in [1.54, 1.807) is 6.20 Å². The molecule has 6 rings (SSSR count). The molecule has 0 aromatic carbocycles. The summed E-state index contributed by atoms with van der Waals surface area (Å²) in [5, 5.41) is 12.8. The number of nitrogens with one attached hydrogen (secondary N) is 2. The molecule has 3 saturated carbocycles. The fourth-order valence-electron chi connectivity index (χ4n) is 4.52. The lowest BCUT2D eigenvalue weighted by atomic mass is 9.44. The van der Waals surface area contributed by atoms with E-state index in [0.717, 1.165) is 41.3 Å². The number of imidazole rings is 1. The molecule has 0 spiro atoms. The smallest absolute Gasteiger partial charge is 0.221 e. The van der Waals surface area contributed by atoms with Crippen molar-refractivity contribution in [1.29, 1.82) is 5.26 Å². The summed E-state index contributed by atoms with van der Waals surface area (Å²) in [5.74, 6) is -0.0161. The molecule has 0 atom stereocenters. The Balaban J connectivity index is 1.43. The van der Waals surface area contributed by atoms with Crippen molar-refractivity contribution in [1.82, 2.24) is 24.8 Å². The predicted molar refractivity (Wildman–Crippen MR) is 86.9 cm³/mol. The molecule has 3 aromatic rings. The number of hydrogen-bond donors (Lipinski definition) is 2. The van der Waals surface area contributed by atoms with Crippen molar-refractivity contribution in [3.8, 4) is 6.07 Å². The second kappa shape index (κ2) is 4.35. The van der Waals surface area contributed by atoms with Gasteiger partial charge in [-0.2, -0.15) is 5.26 Å². The van der Waals surface area contributed by atoms with Gasteiger partial charge in [0.25, 0.3) is 0 Å². The van der Waals surface area contributed by atoms with Gasteiger partial charge in [-0.3, -0.25) is 4.79 Å². The molecule has 3 aliphatic rings. The van der Waals surface area contributed by atoms with E-state index in [1.165, 1.54) is 0 Å². The Morgan fingerprint density at radius 2 is 2.25 bits per heavy atom. The average Bonchev–Trinajstić information content (AvgIpc) is 3.12. The summed E-state index contributed by atoms with van der Waals surface area (Å²) in [6.07, 6.45) is 8.95. The molecule has 3 heterocycles. The van der Waals surface area contributed by atoms with Crippen LogP contribution in [0, 0.1) is 11.3 Å². The van der Waals surface area contributed by atoms with Crippen LogP contribution in [0.1, 0.15) is 32.1 Å². The second-order valence-electron chi connectivity index (χ2n) is 7.09. The molecule has 2 bridgehead atoms. The number of carbonyl (C=O) groups is 1. The number of nitriles is 1. The number of aromatic nitrogens is 4. The van der Waals surface area contributed by atoms with Crippen molar-refractivity contribution in [2.75, 3.05) is 0 Å². The zero-order valence-electron chi connectivity index (χ0n) is 13.0. The maximum atomic E-state index is 11.9. The number of pyridine rings is 1. The summed E-state index contributed by atoms with van der Waals surface area (Å²) in [4.78, 5) is 23.9. The molecule has 7 heteroatoms. The standard InChI is InChI=1S/C17H16N6O/c18-4-1-2-13(24)22-16-7-17(8-16,9-16)23-10-21-12-6-20-15-11(14(12)23)3-5-19-15/h3,5-6,10H,1-2,7-9H2,(H,19,20)(H,22,24). The molecule has 120 valence electrons. The fraction of sp³-hybridized carbons (Fsp3) is 0.412. The van der Waals surface area contributed by atoms with Crippen LogP contribution < -0.4 is 5.32 Å². The number of rotatable bonds is 4. The van der Waals surface area contributed by atoms with Crippen LogP contribution in [0.3, 0.4) is 0 Å². The van der Waals surface area contributed by atoms with Gasteiger partial charge >= 0.3 is 0 Å². The third-order valence-electron chi connectivity index (χ3n) is 5.47. The Bertz CT molecular complexity index is 1000. The summed E-state index contributed by atoms with van der Waals surface area (Å²) >= 11 is 0. The van der Waals surface area contributed by atoms with E-state index in [9.17, 15) is 4.79 Å². The molecule has 0 aliphatic heterocycles. The van der Waals surface area contributed by atoms with Crippen LogP contribution in [0.25, 0.3) is 22.1 Å². The van der Waals surface area contributed by atoms with Crippen LogP contribution in [0.4, 0.5) is 0 Å². The largest absolute Gasteiger partial charge is 0.350 e. The summed E-state index contributed by atoms with van der Waals surface area (Å²) in [5.41, 5.74) is 2.87. The van der Waals surface area contributed by atoms with Gasteiger partial charge in [0.05, 0.1) is 29.6 Å². The first-order chi connectivity index (χ1) is 11.6. The molecule has 0 unspecified atom stereocenters. The number of fused-ring (bicyclic) bond motifs is 3. The highest BCUT2D eigenvalue weighted by Crippen LogP contribution is 2.65. The van der Waals surface area contributed by atoms with Crippen LogP contribution in [0.2, 0.25) is 0 Å². The Morgan fingerprint density at radius 3 is 3.04 bits per heavy atom. The van der Waals surface area contributed by atoms with Gasteiger partial charge in [0.2, 0.25) is 5.91 Å². The molecule has 3 aliphatic carbocycles. The molecule has 2 N–H and O–H groups in total. The van der Waals surface area contributed by atoms with Gasteiger partial charge in [-0.25, -0.2) is 9.97 Å². The lowest BCUT2D eigenvalue weighted by molar-refractivity contribution is -0.154. The Hall–Kier alpha value is -2.88. The molecule has 0 radical (unpaired) electrons. The normalized spacial score (nSPS) is 27.5. The first-order valence-electron chi connectivity index (χ1n) is 8.12. The van der Waals surface area contributed by atoms with Crippen LogP contribution in [-0.4, -0.2) is 31.0 Å². The van der Waals surface area contributed by atoms with Crippen molar-refractivity contribution >= 4 is 28.0 Å². The zero-order valence-corrected chi connectivity index (χ0v) is 13.0. The second-order valence-corrected chi connectivity index (χ2v) is 7.09. The van der Waals surface area contributed by atoms with Crippen LogP contribution >= 0.6 is 0 Å². The van der Waals surface area contributed by atoms with E-state index in [4.69, 9.17) is 5.26 Å². The monoisotopic (exact) mass is 320 g/mol. The number of nitrogens with zero attached hydrogens (tertiary/aromatic N) is 4. The minimum absolute atomic E-state index is 0.0161. The van der Waals surface area contributed by atoms with Crippen molar-refractivity contribution < 1.29 is 4.79 Å². The minimum atomic E-state index is -0.0760. The quantitative estimate of drug-likeness (QED) is 0.767. The third kappa shape index (κ3) is 1.63. The van der Waals surface area contributed by atoms with Crippen LogP contribution in [-0.2, 0) is 10.3 Å². The van der Waals surface area contributed by atoms with E-state index < -0.39 is 0 Å². The fourth-order valence-corrected chi connectivity index (χ4v) is 4.52.